The van der Waals surface area contributed by atoms with Gasteiger partial charge in [0.2, 0.25) is 0 Å². The van der Waals surface area contributed by atoms with E-state index < -0.39 is 0 Å². The molecular formula is C14H12ClN3S. The van der Waals surface area contributed by atoms with Crippen molar-refractivity contribution in [2.75, 3.05) is 0 Å². The van der Waals surface area contributed by atoms with Gasteiger partial charge >= 0.3 is 0 Å². The van der Waals surface area contributed by atoms with Gasteiger partial charge in [-0.05, 0) is 19.1 Å². The van der Waals surface area contributed by atoms with Crippen LogP contribution in [0.3, 0.4) is 0 Å². The van der Waals surface area contributed by atoms with Crippen molar-refractivity contribution in [3.8, 4) is 10.6 Å². The lowest BCUT2D eigenvalue weighted by Crippen LogP contribution is -2.00. The Hall–Kier alpha value is -1.65. The van der Waals surface area contributed by atoms with Crippen LogP contribution in [0.1, 0.15) is 11.5 Å². The molecule has 0 atom stereocenters. The fraction of sp³-hybridized carbons (Fsp3) is 0.143. The third-order valence-electron chi connectivity index (χ3n) is 2.90. The average Bonchev–Trinajstić information content (AvgIpc) is 3.01. The Morgan fingerprint density at radius 2 is 2.05 bits per heavy atom. The molecule has 3 nitrogen and oxygen atoms in total. The van der Waals surface area contributed by atoms with Crippen LogP contribution >= 0.6 is 22.9 Å². The van der Waals surface area contributed by atoms with Crippen molar-refractivity contribution in [3.05, 3.63) is 58.6 Å². The number of aryl methyl sites for hydroxylation is 1. The van der Waals surface area contributed by atoms with Crippen molar-refractivity contribution in [2.45, 2.75) is 13.5 Å². The number of aromatic nitrogens is 3. The summed E-state index contributed by atoms with van der Waals surface area (Å²) >= 11 is 7.54. The second-order valence-corrected chi connectivity index (χ2v) is 5.55. The average molecular weight is 290 g/mol. The monoisotopic (exact) mass is 289 g/mol. The summed E-state index contributed by atoms with van der Waals surface area (Å²) in [6.45, 7) is 2.75. The molecular weight excluding hydrogens is 278 g/mol. The van der Waals surface area contributed by atoms with Crippen molar-refractivity contribution in [1.29, 1.82) is 0 Å². The molecule has 3 rings (SSSR count). The quantitative estimate of drug-likeness (QED) is 0.729. The Morgan fingerprint density at radius 3 is 2.74 bits per heavy atom. The third kappa shape index (κ3) is 2.69. The lowest BCUT2D eigenvalue weighted by molar-refractivity contribution is 0.747. The van der Waals surface area contributed by atoms with Crippen molar-refractivity contribution >= 4 is 22.9 Å². The summed E-state index contributed by atoms with van der Waals surface area (Å²) in [4.78, 5) is 8.86. The van der Waals surface area contributed by atoms with Gasteiger partial charge in [0.15, 0.2) is 0 Å². The molecule has 0 radical (unpaired) electrons. The largest absolute Gasteiger partial charge is 0.329 e. The zero-order chi connectivity index (χ0) is 13.2. The molecule has 2 aromatic heterocycles. The van der Waals surface area contributed by atoms with Gasteiger partial charge in [0.1, 0.15) is 10.8 Å². The molecule has 1 aromatic carbocycles. The Labute approximate surface area is 120 Å². The molecule has 0 N–H and O–H groups in total. The van der Waals surface area contributed by atoms with Crippen molar-refractivity contribution in [1.82, 2.24) is 14.5 Å². The molecule has 0 fully saturated rings. The fourth-order valence-corrected chi connectivity index (χ4v) is 2.79. The maximum absolute atomic E-state index is 5.89. The first-order valence-electron chi connectivity index (χ1n) is 5.90. The van der Waals surface area contributed by atoms with Crippen LogP contribution in [0.5, 0.6) is 0 Å². The van der Waals surface area contributed by atoms with E-state index in [1.807, 2.05) is 43.6 Å². The summed E-state index contributed by atoms with van der Waals surface area (Å²) in [7, 11) is 0. The van der Waals surface area contributed by atoms with Crippen LogP contribution < -0.4 is 0 Å². The summed E-state index contributed by atoms with van der Waals surface area (Å²) in [5, 5.41) is 3.85. The summed E-state index contributed by atoms with van der Waals surface area (Å²) in [5.41, 5.74) is 2.15. The van der Waals surface area contributed by atoms with Crippen LogP contribution in [0.15, 0.2) is 42.0 Å². The maximum atomic E-state index is 5.89. The van der Waals surface area contributed by atoms with Crippen LogP contribution in [-0.4, -0.2) is 14.5 Å². The summed E-state index contributed by atoms with van der Waals surface area (Å²) in [6, 6.07) is 7.76. The number of hydrogen-bond acceptors (Lipinski definition) is 3. The van der Waals surface area contributed by atoms with Gasteiger partial charge in [-0.2, -0.15) is 0 Å². The maximum Gasteiger partial charge on any atom is 0.123 e. The number of hydrogen-bond donors (Lipinski definition) is 0. The molecule has 5 heteroatoms. The molecule has 0 saturated heterocycles. The van der Waals surface area contributed by atoms with Gasteiger partial charge in [-0.15, -0.1) is 11.3 Å². The Kier molecular flexibility index (Phi) is 3.36. The van der Waals surface area contributed by atoms with Crippen LogP contribution in [0.4, 0.5) is 0 Å². The number of halogens is 1. The smallest absolute Gasteiger partial charge is 0.123 e. The van der Waals surface area contributed by atoms with E-state index in [0.29, 0.717) is 0 Å². The summed E-state index contributed by atoms with van der Waals surface area (Å²) in [5.74, 6) is 1.00. The normalized spacial score (nSPS) is 10.8. The topological polar surface area (TPSA) is 30.7 Å². The van der Waals surface area contributed by atoms with Crippen LogP contribution in [0.25, 0.3) is 10.6 Å². The van der Waals surface area contributed by atoms with Gasteiger partial charge < -0.3 is 4.57 Å². The summed E-state index contributed by atoms with van der Waals surface area (Å²) in [6.07, 6.45) is 3.78. The zero-order valence-corrected chi connectivity index (χ0v) is 11.9. The van der Waals surface area contributed by atoms with Crippen LogP contribution in [0.2, 0.25) is 5.02 Å². The van der Waals surface area contributed by atoms with Gasteiger partial charge in [0.05, 0.1) is 12.2 Å². The van der Waals surface area contributed by atoms with Gasteiger partial charge in [0.25, 0.3) is 0 Å². The van der Waals surface area contributed by atoms with E-state index in [2.05, 4.69) is 19.9 Å². The minimum Gasteiger partial charge on any atom is -0.329 e. The van der Waals surface area contributed by atoms with Crippen LogP contribution in [0, 0.1) is 6.92 Å². The molecule has 96 valence electrons. The second-order valence-electron chi connectivity index (χ2n) is 4.25. The molecule has 0 saturated carbocycles. The highest BCUT2D eigenvalue weighted by Crippen LogP contribution is 2.25. The number of rotatable bonds is 3. The van der Waals surface area contributed by atoms with E-state index >= 15 is 0 Å². The molecule has 0 aliphatic carbocycles. The lowest BCUT2D eigenvalue weighted by Gasteiger charge is -2.01. The number of imidazole rings is 1. The Morgan fingerprint density at radius 1 is 1.26 bits per heavy atom. The van der Waals surface area contributed by atoms with E-state index in [1.165, 1.54) is 0 Å². The molecule has 0 spiro atoms. The standard InChI is InChI=1S/C14H12ClN3S/c1-10-16-6-7-18(10)8-13-9-19-14(17-13)11-2-4-12(15)5-3-11/h2-7,9H,8H2,1H3. The predicted molar refractivity (Wildman–Crippen MR) is 78.6 cm³/mol. The van der Waals surface area contributed by atoms with Gasteiger partial charge in [-0.1, -0.05) is 23.7 Å². The van der Waals surface area contributed by atoms with E-state index in [-0.39, 0.29) is 0 Å². The Balaban J connectivity index is 1.83. The van der Waals surface area contributed by atoms with Gasteiger partial charge in [-0.25, -0.2) is 9.97 Å². The SMILES string of the molecule is Cc1nccn1Cc1csc(-c2ccc(Cl)cc2)n1. The number of nitrogens with zero attached hydrogens (tertiary/aromatic N) is 3. The van der Waals surface area contributed by atoms with Crippen molar-refractivity contribution in [3.63, 3.8) is 0 Å². The first-order chi connectivity index (χ1) is 9.22. The predicted octanol–water partition coefficient (Wildman–Crippen LogP) is 4.02. The molecule has 0 amide bonds. The minimum absolute atomic E-state index is 0.745. The number of benzene rings is 1. The zero-order valence-electron chi connectivity index (χ0n) is 10.4. The minimum atomic E-state index is 0.745. The highest BCUT2D eigenvalue weighted by atomic mass is 35.5. The van der Waals surface area contributed by atoms with Gasteiger partial charge in [-0.3, -0.25) is 0 Å². The fourth-order valence-electron chi connectivity index (χ4n) is 1.85. The highest BCUT2D eigenvalue weighted by molar-refractivity contribution is 7.13. The second kappa shape index (κ2) is 5.15. The molecule has 3 aromatic rings. The van der Waals surface area contributed by atoms with E-state index in [4.69, 9.17) is 11.6 Å². The lowest BCUT2D eigenvalue weighted by atomic mass is 10.2. The molecule has 0 aliphatic heterocycles. The van der Waals surface area contributed by atoms with E-state index in [9.17, 15) is 0 Å². The first-order valence-corrected chi connectivity index (χ1v) is 7.16. The molecule has 19 heavy (non-hydrogen) atoms. The Bertz CT molecular complexity index is 685. The van der Waals surface area contributed by atoms with E-state index in [1.54, 1.807) is 11.3 Å². The molecule has 0 aliphatic rings. The third-order valence-corrected chi connectivity index (χ3v) is 4.09. The first kappa shape index (κ1) is 12.4. The molecule has 2 heterocycles. The van der Waals surface area contributed by atoms with Gasteiger partial charge in [0, 0.05) is 28.4 Å². The van der Waals surface area contributed by atoms with E-state index in [0.717, 1.165) is 33.7 Å². The molecule has 0 unspecified atom stereocenters. The van der Waals surface area contributed by atoms with Crippen LogP contribution in [-0.2, 0) is 6.54 Å². The molecule has 0 bridgehead atoms. The highest BCUT2D eigenvalue weighted by Gasteiger charge is 2.06. The summed E-state index contributed by atoms with van der Waals surface area (Å²) < 4.78 is 2.08. The number of thiazole rings is 1. The van der Waals surface area contributed by atoms with Crippen molar-refractivity contribution < 1.29 is 0 Å². The van der Waals surface area contributed by atoms with Crippen molar-refractivity contribution in [2.24, 2.45) is 0 Å².